The number of hydrogen-bond acceptors (Lipinski definition) is 7. The van der Waals surface area contributed by atoms with Crippen molar-refractivity contribution in [2.24, 2.45) is 11.8 Å². The van der Waals surface area contributed by atoms with Crippen LogP contribution in [0.1, 0.15) is 112 Å². The van der Waals surface area contributed by atoms with E-state index in [1.807, 2.05) is 45.8 Å². The third kappa shape index (κ3) is 16.4. The molecule has 0 unspecified atom stereocenters. The fourth-order valence-corrected chi connectivity index (χ4v) is 5.74. The molecule has 1 heterocycles. The number of amides is 5. The molecule has 0 radical (unpaired) electrons. The molecule has 6 atom stereocenters. The molecule has 1 aliphatic heterocycles. The number of hydrogen-bond donors (Lipinski definition) is 5. The summed E-state index contributed by atoms with van der Waals surface area (Å²) in [5.41, 5.74) is 0. The topological polar surface area (TPSA) is 160 Å². The summed E-state index contributed by atoms with van der Waals surface area (Å²) in [6, 6.07) is -2.98. The lowest BCUT2D eigenvalue weighted by molar-refractivity contribution is -0.138. The lowest BCUT2D eigenvalue weighted by atomic mass is 9.97. The van der Waals surface area contributed by atoms with Crippen LogP contribution in [0, 0.1) is 11.8 Å². The Morgan fingerprint density at radius 3 is 2.21 bits per heavy atom. The van der Waals surface area contributed by atoms with Gasteiger partial charge in [-0.05, 0) is 58.2 Å². The number of carbonyl (C=O) groups excluding carboxylic acids is 5. The average Bonchev–Trinajstić information content (AvgIpc) is 3.52. The molecule has 48 heavy (non-hydrogen) atoms. The van der Waals surface area contributed by atoms with Gasteiger partial charge >= 0.3 is 0 Å². The number of unbranched alkanes of at least 4 members (excludes halogenated alkanes) is 5. The predicted molar refractivity (Wildman–Crippen MR) is 190 cm³/mol. The fourth-order valence-electron chi connectivity index (χ4n) is 5.74. The van der Waals surface area contributed by atoms with Crippen molar-refractivity contribution in [1.82, 2.24) is 31.1 Å². The van der Waals surface area contributed by atoms with Gasteiger partial charge in [0, 0.05) is 32.1 Å². The molecule has 0 aliphatic carbocycles. The molecular formula is C36H66N6O6. The number of aliphatic hydroxyl groups excluding tert-OH is 1. The van der Waals surface area contributed by atoms with Crippen LogP contribution in [-0.2, 0) is 24.0 Å². The van der Waals surface area contributed by atoms with Crippen molar-refractivity contribution in [3.05, 3.63) is 12.2 Å². The van der Waals surface area contributed by atoms with Crippen molar-refractivity contribution < 1.29 is 29.1 Å². The van der Waals surface area contributed by atoms with Crippen LogP contribution < -0.4 is 21.3 Å². The van der Waals surface area contributed by atoms with Crippen LogP contribution in [0.15, 0.2) is 12.2 Å². The summed E-state index contributed by atoms with van der Waals surface area (Å²) in [5.74, 6) is -2.13. The zero-order valence-electron chi connectivity index (χ0n) is 31.0. The average molecular weight is 679 g/mol. The number of rotatable bonds is 23. The predicted octanol–water partition coefficient (Wildman–Crippen LogP) is 2.89. The second-order valence-corrected chi connectivity index (χ2v) is 14.0. The van der Waals surface area contributed by atoms with E-state index in [4.69, 9.17) is 0 Å². The van der Waals surface area contributed by atoms with Crippen LogP contribution >= 0.6 is 0 Å². The number of nitrogens with one attached hydrogen (secondary N) is 4. The molecule has 1 aliphatic rings. The van der Waals surface area contributed by atoms with Gasteiger partial charge in [-0.2, -0.15) is 0 Å². The Bertz CT molecular complexity index is 1030. The third-order valence-electron chi connectivity index (χ3n) is 8.83. The minimum absolute atomic E-state index is 0.0332. The highest BCUT2D eigenvalue weighted by molar-refractivity contribution is 5.96. The Morgan fingerprint density at radius 2 is 1.58 bits per heavy atom. The van der Waals surface area contributed by atoms with Crippen LogP contribution in [0.2, 0.25) is 0 Å². The summed E-state index contributed by atoms with van der Waals surface area (Å²) in [7, 11) is 3.83. The number of likely N-dealkylation sites (tertiary alicyclic amines) is 1. The highest BCUT2D eigenvalue weighted by atomic mass is 16.3. The van der Waals surface area contributed by atoms with Crippen molar-refractivity contribution in [3.8, 4) is 0 Å². The molecule has 0 aromatic carbocycles. The molecule has 0 aromatic heterocycles. The molecule has 5 amide bonds. The van der Waals surface area contributed by atoms with Crippen molar-refractivity contribution in [2.75, 3.05) is 33.7 Å². The van der Waals surface area contributed by atoms with Gasteiger partial charge in [0.2, 0.25) is 29.5 Å². The Balaban J connectivity index is 3.02. The van der Waals surface area contributed by atoms with Gasteiger partial charge in [-0.15, -0.1) is 0 Å². The van der Waals surface area contributed by atoms with Crippen LogP contribution in [0.5, 0.6) is 0 Å². The Kier molecular flexibility index (Phi) is 21.0. The van der Waals surface area contributed by atoms with Gasteiger partial charge in [0.25, 0.3) is 0 Å². The molecule has 12 heteroatoms. The monoisotopic (exact) mass is 679 g/mol. The molecule has 1 saturated heterocycles. The van der Waals surface area contributed by atoms with E-state index in [1.54, 1.807) is 18.7 Å². The van der Waals surface area contributed by atoms with E-state index in [0.717, 1.165) is 38.5 Å². The molecule has 0 saturated carbocycles. The van der Waals surface area contributed by atoms with Crippen LogP contribution in [0.3, 0.4) is 0 Å². The van der Waals surface area contributed by atoms with Crippen molar-refractivity contribution in [3.63, 3.8) is 0 Å². The maximum Gasteiger partial charge on any atom is 0.246 e. The van der Waals surface area contributed by atoms with E-state index < -0.39 is 42.0 Å². The van der Waals surface area contributed by atoms with Gasteiger partial charge in [0.1, 0.15) is 18.1 Å². The van der Waals surface area contributed by atoms with E-state index >= 15 is 0 Å². The van der Waals surface area contributed by atoms with Crippen LogP contribution in [-0.4, -0.2) is 108 Å². The minimum atomic E-state index is -1.28. The molecule has 1 rings (SSSR count). The smallest absolute Gasteiger partial charge is 0.246 e. The minimum Gasteiger partial charge on any atom is -0.390 e. The van der Waals surface area contributed by atoms with E-state index in [9.17, 15) is 29.1 Å². The van der Waals surface area contributed by atoms with Crippen LogP contribution in [0.25, 0.3) is 0 Å². The molecule has 12 nitrogen and oxygen atoms in total. The van der Waals surface area contributed by atoms with E-state index in [2.05, 4.69) is 28.2 Å². The number of allylic oxidation sites excluding steroid dienone is 1. The zero-order chi connectivity index (χ0) is 36.2. The molecule has 5 N–H and O–H groups in total. The van der Waals surface area contributed by atoms with E-state index in [0.29, 0.717) is 38.8 Å². The number of likely N-dealkylation sites (N-methyl/N-ethyl adjacent to an activating group) is 1. The van der Waals surface area contributed by atoms with Gasteiger partial charge in [0.15, 0.2) is 0 Å². The SMILES string of the molecule is CCCCCCCC[C@H](NC(=O)[C@@H]1CCCN1C(=O)/C=C/[C@@H](C)CC)C(=O)N[C@H](C(=O)NCCC(=O)N[C@@H](C)CN(C)C)[C@H](O)C(C)C. The van der Waals surface area contributed by atoms with Gasteiger partial charge in [-0.3, -0.25) is 24.0 Å². The third-order valence-corrected chi connectivity index (χ3v) is 8.83. The first-order valence-corrected chi connectivity index (χ1v) is 18.2. The highest BCUT2D eigenvalue weighted by Crippen LogP contribution is 2.19. The first kappa shape index (κ1) is 43.0. The fraction of sp³-hybridized carbons (Fsp3) is 0.806. The van der Waals surface area contributed by atoms with Gasteiger partial charge < -0.3 is 36.2 Å². The van der Waals surface area contributed by atoms with Crippen LogP contribution in [0.4, 0.5) is 0 Å². The number of carbonyl (C=O) groups is 5. The Labute approximate surface area is 289 Å². The lowest BCUT2D eigenvalue weighted by Gasteiger charge is -2.29. The summed E-state index contributed by atoms with van der Waals surface area (Å²) in [6.45, 7) is 12.8. The second-order valence-electron chi connectivity index (χ2n) is 14.0. The maximum atomic E-state index is 13.7. The number of nitrogens with zero attached hydrogens (tertiary/aromatic N) is 2. The first-order valence-electron chi connectivity index (χ1n) is 18.2. The normalized spacial score (nSPS) is 18.0. The zero-order valence-corrected chi connectivity index (χ0v) is 31.0. The second kappa shape index (κ2) is 23.4. The van der Waals surface area contributed by atoms with E-state index in [1.165, 1.54) is 6.08 Å². The largest absolute Gasteiger partial charge is 0.390 e. The van der Waals surface area contributed by atoms with Gasteiger partial charge in [0.05, 0.1) is 6.10 Å². The van der Waals surface area contributed by atoms with Gasteiger partial charge in [-0.1, -0.05) is 85.6 Å². The van der Waals surface area contributed by atoms with Crippen molar-refractivity contribution in [1.29, 1.82) is 0 Å². The van der Waals surface area contributed by atoms with Crippen molar-refractivity contribution >= 4 is 29.5 Å². The lowest BCUT2D eigenvalue weighted by Crippen LogP contribution is -2.60. The summed E-state index contributed by atoms with van der Waals surface area (Å²) in [4.78, 5) is 69.4. The van der Waals surface area contributed by atoms with Crippen molar-refractivity contribution in [2.45, 2.75) is 142 Å². The Morgan fingerprint density at radius 1 is 0.917 bits per heavy atom. The Hall–Kier alpha value is -2.99. The summed E-state index contributed by atoms with van der Waals surface area (Å²) in [6.07, 6.45) is 10.6. The van der Waals surface area contributed by atoms with E-state index in [-0.39, 0.29) is 42.7 Å². The molecule has 0 spiro atoms. The molecule has 276 valence electrons. The maximum absolute atomic E-state index is 13.7. The first-order chi connectivity index (χ1) is 22.7. The quantitative estimate of drug-likeness (QED) is 0.0821. The summed E-state index contributed by atoms with van der Waals surface area (Å²) >= 11 is 0. The summed E-state index contributed by atoms with van der Waals surface area (Å²) in [5, 5.41) is 22.1. The summed E-state index contributed by atoms with van der Waals surface area (Å²) < 4.78 is 0. The molecule has 0 bridgehead atoms. The molecule has 1 fully saturated rings. The highest BCUT2D eigenvalue weighted by Gasteiger charge is 2.37. The molecular weight excluding hydrogens is 612 g/mol. The number of aliphatic hydroxyl groups is 1. The standard InChI is InChI=1S/C36H66N6O6/c1-9-11-12-13-14-15-17-28(39-35(47)29-18-16-23-42(29)31(44)20-19-26(5)10-2)34(46)40-32(33(45)25(3)4)36(48)37-22-21-30(43)38-27(6)24-41(7)8/h19-20,25-29,32-33,45H,9-18,21-24H2,1-8H3,(H,37,48)(H,38,43)(H,39,47)(H,40,46)/b20-19+/t26-,27-,28-,29-,32-,33+/m0/s1. The van der Waals surface area contributed by atoms with Gasteiger partial charge in [-0.25, -0.2) is 0 Å². The molecule has 0 aromatic rings.